The summed E-state index contributed by atoms with van der Waals surface area (Å²) in [5, 5.41) is 77.0. The lowest BCUT2D eigenvalue weighted by Gasteiger charge is -2.24. The van der Waals surface area contributed by atoms with Crippen LogP contribution in [-0.2, 0) is 4.74 Å². The molecule has 0 aliphatic heterocycles. The van der Waals surface area contributed by atoms with E-state index in [-0.39, 0.29) is 22.3 Å². The van der Waals surface area contributed by atoms with Gasteiger partial charge in [0.05, 0.1) is 57.7 Å². The monoisotopic (exact) mass is 730 g/mol. The van der Waals surface area contributed by atoms with E-state index in [1.165, 1.54) is 24.3 Å². The summed E-state index contributed by atoms with van der Waals surface area (Å²) in [6, 6.07) is 13.0. The number of hydrogen-bond acceptors (Lipinski definition) is 9. The van der Waals surface area contributed by atoms with Gasteiger partial charge in [-0.05, 0) is 70.8 Å². The Balaban J connectivity index is 1.87. The predicted octanol–water partition coefficient (Wildman–Crippen LogP) is 4.25. The van der Waals surface area contributed by atoms with Crippen LogP contribution in [0, 0.1) is 0 Å². The number of carbonyl (C=O) groups is 8. The number of rotatable bonds is 16. The summed E-state index contributed by atoms with van der Waals surface area (Å²) in [5.74, 6) is -15.0. The van der Waals surface area contributed by atoms with Crippen LogP contribution in [0.5, 0.6) is 0 Å². The second-order valence-corrected chi connectivity index (χ2v) is 11.3. The van der Waals surface area contributed by atoms with Crippen molar-refractivity contribution in [2.45, 2.75) is 11.8 Å². The maximum Gasteiger partial charge on any atom is 0.336 e. The zero-order chi connectivity index (χ0) is 39.3. The number of hydrogen-bond donors (Lipinski definition) is 8. The normalized spacial score (nSPS) is 10.9. The number of benzene rings is 4. The standard InChI is InChI=1S/C36H26O17/c37-29(38)19-5-1-15(9-23(19)33(45)46)27(16-2-6-20(30(39)40)24(10-16)34(47)48)13-53-14-28(17-3-7-21(31(41)42)25(11-17)35(49)50)18-4-8-22(32(43)44)26(12-18)36(51)52/h1-12,27-28H,13-14H2,(H,37,38)(H,39,40)(H,41,42)(H,43,44)(H,45,46)(H,47,48)(H,49,50)(H,51,52). The van der Waals surface area contributed by atoms with Gasteiger partial charge < -0.3 is 45.6 Å². The minimum absolute atomic E-state index is 0.0845. The lowest BCUT2D eigenvalue weighted by molar-refractivity contribution is 0.0650. The summed E-state index contributed by atoms with van der Waals surface area (Å²) < 4.78 is 6.03. The summed E-state index contributed by atoms with van der Waals surface area (Å²) in [6.45, 7) is -0.934. The van der Waals surface area contributed by atoms with Crippen molar-refractivity contribution in [3.05, 3.63) is 140 Å². The quantitative estimate of drug-likeness (QED) is 0.0798. The molecule has 0 radical (unpaired) electrons. The maximum absolute atomic E-state index is 12.0. The molecule has 0 atom stereocenters. The summed E-state index contributed by atoms with van der Waals surface area (Å²) in [4.78, 5) is 94.9. The lowest BCUT2D eigenvalue weighted by Crippen LogP contribution is -2.19. The summed E-state index contributed by atoms with van der Waals surface area (Å²) in [5.41, 5.74) is -4.53. The van der Waals surface area contributed by atoms with Gasteiger partial charge in [-0.25, -0.2) is 38.4 Å². The van der Waals surface area contributed by atoms with Crippen molar-refractivity contribution in [3.63, 3.8) is 0 Å². The molecule has 0 unspecified atom stereocenters. The third-order valence-electron chi connectivity index (χ3n) is 8.20. The molecule has 0 bridgehead atoms. The van der Waals surface area contributed by atoms with E-state index in [9.17, 15) is 79.2 Å². The van der Waals surface area contributed by atoms with E-state index in [0.29, 0.717) is 0 Å². The molecule has 17 heteroatoms. The molecular formula is C36H26O17. The van der Waals surface area contributed by atoms with Crippen LogP contribution in [-0.4, -0.2) is 102 Å². The fraction of sp³-hybridized carbons (Fsp3) is 0.111. The molecule has 0 heterocycles. The first-order valence-electron chi connectivity index (χ1n) is 14.9. The molecule has 272 valence electrons. The Morgan fingerprint density at radius 2 is 0.528 bits per heavy atom. The van der Waals surface area contributed by atoms with Crippen LogP contribution in [0.15, 0.2) is 72.8 Å². The molecular weight excluding hydrogens is 704 g/mol. The van der Waals surface area contributed by atoms with E-state index >= 15 is 0 Å². The Morgan fingerprint density at radius 3 is 0.698 bits per heavy atom. The topological polar surface area (TPSA) is 308 Å². The van der Waals surface area contributed by atoms with Gasteiger partial charge in [0.15, 0.2) is 0 Å². The number of ether oxygens (including phenoxy) is 1. The molecule has 0 spiro atoms. The maximum atomic E-state index is 12.0. The van der Waals surface area contributed by atoms with Gasteiger partial charge in [0.2, 0.25) is 0 Å². The molecule has 4 rings (SSSR count). The highest BCUT2D eigenvalue weighted by molar-refractivity contribution is 6.04. The van der Waals surface area contributed by atoms with E-state index in [2.05, 4.69) is 0 Å². The van der Waals surface area contributed by atoms with Gasteiger partial charge in [-0.2, -0.15) is 0 Å². The van der Waals surface area contributed by atoms with Crippen molar-refractivity contribution in [1.29, 1.82) is 0 Å². The molecule has 8 N–H and O–H groups in total. The van der Waals surface area contributed by atoms with Crippen LogP contribution in [0.1, 0.15) is 117 Å². The van der Waals surface area contributed by atoms with E-state index in [0.717, 1.165) is 48.5 Å². The summed E-state index contributed by atoms with van der Waals surface area (Å²) >= 11 is 0. The summed E-state index contributed by atoms with van der Waals surface area (Å²) in [6.07, 6.45) is 0. The molecule has 17 nitrogen and oxygen atoms in total. The average molecular weight is 731 g/mol. The van der Waals surface area contributed by atoms with Gasteiger partial charge >= 0.3 is 47.8 Å². The van der Waals surface area contributed by atoms with Gasteiger partial charge in [0.1, 0.15) is 0 Å². The number of carboxylic acid groups (broad SMARTS) is 8. The third-order valence-corrected chi connectivity index (χ3v) is 8.20. The molecule has 4 aromatic carbocycles. The first kappa shape index (κ1) is 38.4. The third kappa shape index (κ3) is 8.33. The molecule has 53 heavy (non-hydrogen) atoms. The van der Waals surface area contributed by atoms with Crippen LogP contribution in [0.3, 0.4) is 0 Å². The minimum atomic E-state index is -1.62. The van der Waals surface area contributed by atoms with Gasteiger partial charge in [-0.15, -0.1) is 0 Å². The SMILES string of the molecule is O=C(O)c1ccc(C(COCC(c2ccc(C(=O)O)c(C(=O)O)c2)c2ccc(C(=O)O)c(C(=O)O)c2)c2ccc(C(=O)O)c(C(=O)O)c2)cc1C(=O)O. The molecule has 0 aromatic heterocycles. The zero-order valence-corrected chi connectivity index (χ0v) is 26.7. The average Bonchev–Trinajstić information content (AvgIpc) is 3.10. The van der Waals surface area contributed by atoms with Crippen molar-refractivity contribution in [1.82, 2.24) is 0 Å². The van der Waals surface area contributed by atoms with Crippen molar-refractivity contribution in [3.8, 4) is 0 Å². The number of aromatic carboxylic acids is 8. The Kier molecular flexibility index (Phi) is 11.3. The van der Waals surface area contributed by atoms with Crippen molar-refractivity contribution < 1.29 is 83.9 Å². The highest BCUT2D eigenvalue weighted by Gasteiger charge is 2.27. The fourth-order valence-electron chi connectivity index (χ4n) is 5.64. The molecule has 0 saturated carbocycles. The molecule has 0 fully saturated rings. The van der Waals surface area contributed by atoms with Gasteiger partial charge in [0.25, 0.3) is 0 Å². The molecule has 0 aliphatic carbocycles. The van der Waals surface area contributed by atoms with Gasteiger partial charge in [-0.3, -0.25) is 0 Å². The van der Waals surface area contributed by atoms with Crippen LogP contribution in [0.2, 0.25) is 0 Å². The smallest absolute Gasteiger partial charge is 0.336 e. The minimum Gasteiger partial charge on any atom is -0.478 e. The Morgan fingerprint density at radius 1 is 0.340 bits per heavy atom. The zero-order valence-electron chi connectivity index (χ0n) is 26.7. The van der Waals surface area contributed by atoms with Crippen LogP contribution in [0.4, 0.5) is 0 Å². The molecule has 4 aromatic rings. The lowest BCUT2D eigenvalue weighted by atomic mass is 9.87. The second-order valence-electron chi connectivity index (χ2n) is 11.3. The fourth-order valence-corrected chi connectivity index (χ4v) is 5.64. The van der Waals surface area contributed by atoms with Crippen molar-refractivity contribution in [2.24, 2.45) is 0 Å². The van der Waals surface area contributed by atoms with E-state index in [1.807, 2.05) is 0 Å². The Labute approximate surface area is 296 Å². The highest BCUT2D eigenvalue weighted by Crippen LogP contribution is 2.33. The van der Waals surface area contributed by atoms with Gasteiger partial charge in [-0.1, -0.05) is 24.3 Å². The highest BCUT2D eigenvalue weighted by atomic mass is 16.5. The largest absolute Gasteiger partial charge is 0.478 e. The molecule has 0 aliphatic rings. The van der Waals surface area contributed by atoms with E-state index < -0.39 is 117 Å². The predicted molar refractivity (Wildman–Crippen MR) is 176 cm³/mol. The van der Waals surface area contributed by atoms with Crippen LogP contribution >= 0.6 is 0 Å². The van der Waals surface area contributed by atoms with Crippen LogP contribution < -0.4 is 0 Å². The first-order chi connectivity index (χ1) is 24.9. The van der Waals surface area contributed by atoms with Crippen molar-refractivity contribution in [2.75, 3.05) is 13.2 Å². The van der Waals surface area contributed by atoms with E-state index in [1.54, 1.807) is 0 Å². The van der Waals surface area contributed by atoms with E-state index in [4.69, 9.17) is 4.74 Å². The van der Waals surface area contributed by atoms with Crippen LogP contribution in [0.25, 0.3) is 0 Å². The summed E-state index contributed by atoms with van der Waals surface area (Å²) in [7, 11) is 0. The molecule has 0 saturated heterocycles. The number of carboxylic acids is 8. The first-order valence-corrected chi connectivity index (χ1v) is 14.9. The Bertz CT molecular complexity index is 1910. The Hall–Kier alpha value is -7.40. The molecule has 0 amide bonds. The van der Waals surface area contributed by atoms with Crippen molar-refractivity contribution >= 4 is 47.8 Å². The van der Waals surface area contributed by atoms with Gasteiger partial charge in [0, 0.05) is 11.8 Å². The second kappa shape index (κ2) is 15.7.